The number of carbonyl (C=O) groups is 2. The molecular formula is C14H18N2O4. The Kier molecular flexibility index (Phi) is 4.68. The zero-order valence-corrected chi connectivity index (χ0v) is 11.3. The maximum Gasteiger partial charge on any atom is 0.354 e. The number of carboxylic acids is 1. The summed E-state index contributed by atoms with van der Waals surface area (Å²) in [5, 5.41) is 11.8. The van der Waals surface area contributed by atoms with Crippen LogP contribution >= 0.6 is 0 Å². The summed E-state index contributed by atoms with van der Waals surface area (Å²) in [4.78, 5) is 26.6. The van der Waals surface area contributed by atoms with Crippen LogP contribution in [0.15, 0.2) is 18.3 Å². The third kappa shape index (κ3) is 3.54. The Balaban J connectivity index is 2.00. The van der Waals surface area contributed by atoms with E-state index in [1.165, 1.54) is 18.3 Å². The maximum absolute atomic E-state index is 12.1. The van der Waals surface area contributed by atoms with E-state index in [0.29, 0.717) is 11.5 Å². The lowest BCUT2D eigenvalue weighted by molar-refractivity contribution is 0.0538. The number of amides is 1. The van der Waals surface area contributed by atoms with Crippen molar-refractivity contribution in [3.63, 3.8) is 0 Å². The largest absolute Gasteiger partial charge is 0.477 e. The molecule has 1 aromatic rings. The monoisotopic (exact) mass is 278 g/mol. The first-order valence-electron chi connectivity index (χ1n) is 6.66. The lowest BCUT2D eigenvalue weighted by Gasteiger charge is -2.28. The predicted molar refractivity (Wildman–Crippen MR) is 71.7 cm³/mol. The van der Waals surface area contributed by atoms with Crippen molar-refractivity contribution < 1.29 is 19.4 Å². The van der Waals surface area contributed by atoms with Gasteiger partial charge in [-0.2, -0.15) is 0 Å². The molecule has 6 nitrogen and oxygen atoms in total. The summed E-state index contributed by atoms with van der Waals surface area (Å²) in [6.45, 7) is 3.42. The van der Waals surface area contributed by atoms with Gasteiger partial charge in [-0.25, -0.2) is 9.78 Å². The van der Waals surface area contributed by atoms with Crippen LogP contribution in [0.2, 0.25) is 0 Å². The lowest BCUT2D eigenvalue weighted by Crippen LogP contribution is -2.40. The van der Waals surface area contributed by atoms with Crippen LogP contribution in [0.3, 0.4) is 0 Å². The molecule has 0 spiro atoms. The SMILES string of the molecule is CC(NC(=O)c1ccnc(C(=O)O)c1)C1CCOCC1. The van der Waals surface area contributed by atoms with Crippen molar-refractivity contribution in [1.82, 2.24) is 10.3 Å². The van der Waals surface area contributed by atoms with Crippen LogP contribution < -0.4 is 5.32 Å². The zero-order chi connectivity index (χ0) is 14.5. The zero-order valence-electron chi connectivity index (χ0n) is 11.3. The summed E-state index contributed by atoms with van der Waals surface area (Å²) in [5.74, 6) is -1.01. The third-order valence-corrected chi connectivity index (χ3v) is 3.57. The first-order chi connectivity index (χ1) is 9.58. The highest BCUT2D eigenvalue weighted by Crippen LogP contribution is 2.18. The standard InChI is InChI=1S/C14H18N2O4/c1-9(10-3-6-20-7-4-10)16-13(17)11-2-5-15-12(8-11)14(18)19/h2,5,8-10H,3-4,6-7H2,1H3,(H,16,17)(H,18,19). The van der Waals surface area contributed by atoms with Gasteiger partial charge in [0, 0.05) is 31.0 Å². The molecule has 1 aliphatic rings. The molecule has 0 aromatic carbocycles. The minimum absolute atomic E-state index is 0.0350. The van der Waals surface area contributed by atoms with Crippen LogP contribution in [0, 0.1) is 5.92 Å². The Morgan fingerprint density at radius 1 is 1.45 bits per heavy atom. The average Bonchev–Trinajstić information content (AvgIpc) is 2.48. The normalized spacial score (nSPS) is 17.4. The maximum atomic E-state index is 12.1. The molecule has 1 amide bonds. The van der Waals surface area contributed by atoms with Gasteiger partial charge in [0.05, 0.1) is 0 Å². The first kappa shape index (κ1) is 14.5. The lowest BCUT2D eigenvalue weighted by atomic mass is 9.93. The minimum Gasteiger partial charge on any atom is -0.477 e. The quantitative estimate of drug-likeness (QED) is 0.867. The van der Waals surface area contributed by atoms with E-state index in [4.69, 9.17) is 9.84 Å². The fourth-order valence-electron chi connectivity index (χ4n) is 2.31. The van der Waals surface area contributed by atoms with Crippen LogP contribution in [0.5, 0.6) is 0 Å². The van der Waals surface area contributed by atoms with Gasteiger partial charge in [-0.05, 0) is 37.8 Å². The number of carboxylic acid groups (broad SMARTS) is 1. The second-order valence-corrected chi connectivity index (χ2v) is 4.95. The molecule has 20 heavy (non-hydrogen) atoms. The number of ether oxygens (including phenoxy) is 1. The number of hydrogen-bond acceptors (Lipinski definition) is 4. The van der Waals surface area contributed by atoms with Gasteiger partial charge in [-0.3, -0.25) is 4.79 Å². The van der Waals surface area contributed by atoms with Gasteiger partial charge >= 0.3 is 5.97 Å². The van der Waals surface area contributed by atoms with Crippen LogP contribution in [0.1, 0.15) is 40.6 Å². The Hall–Kier alpha value is -1.95. The molecule has 1 saturated heterocycles. The van der Waals surface area contributed by atoms with Gasteiger partial charge in [0.2, 0.25) is 0 Å². The fraction of sp³-hybridized carbons (Fsp3) is 0.500. The number of carbonyl (C=O) groups excluding carboxylic acids is 1. The van der Waals surface area contributed by atoms with E-state index in [1.54, 1.807) is 0 Å². The Morgan fingerprint density at radius 3 is 2.80 bits per heavy atom. The molecule has 108 valence electrons. The summed E-state index contributed by atoms with van der Waals surface area (Å²) < 4.78 is 5.30. The predicted octanol–water partition coefficient (Wildman–Crippen LogP) is 1.32. The van der Waals surface area contributed by atoms with Gasteiger partial charge in [0.15, 0.2) is 0 Å². The molecule has 2 heterocycles. The van der Waals surface area contributed by atoms with Crippen LogP contribution in [-0.2, 0) is 4.74 Å². The van der Waals surface area contributed by atoms with E-state index in [1.807, 2.05) is 6.92 Å². The number of aromatic nitrogens is 1. The van der Waals surface area contributed by atoms with Crippen LogP contribution in [0.4, 0.5) is 0 Å². The Labute approximate surface area is 117 Å². The van der Waals surface area contributed by atoms with E-state index in [2.05, 4.69) is 10.3 Å². The Bertz CT molecular complexity index is 498. The molecular weight excluding hydrogens is 260 g/mol. The van der Waals surface area contributed by atoms with E-state index in [-0.39, 0.29) is 17.6 Å². The van der Waals surface area contributed by atoms with Gasteiger partial charge in [0.1, 0.15) is 5.69 Å². The van der Waals surface area contributed by atoms with Crippen LogP contribution in [0.25, 0.3) is 0 Å². The molecule has 0 radical (unpaired) electrons. The molecule has 0 saturated carbocycles. The molecule has 0 aliphatic carbocycles. The second kappa shape index (κ2) is 6.47. The van der Waals surface area contributed by atoms with Crippen molar-refractivity contribution in [3.8, 4) is 0 Å². The van der Waals surface area contributed by atoms with Crippen LogP contribution in [-0.4, -0.2) is 41.2 Å². The molecule has 1 atom stereocenters. The van der Waals surface area contributed by atoms with Crippen molar-refractivity contribution in [2.75, 3.05) is 13.2 Å². The molecule has 1 unspecified atom stereocenters. The number of pyridine rings is 1. The molecule has 0 bridgehead atoms. The van der Waals surface area contributed by atoms with Gasteiger partial charge in [-0.1, -0.05) is 0 Å². The molecule has 1 aliphatic heterocycles. The molecule has 1 fully saturated rings. The highest BCUT2D eigenvalue weighted by molar-refractivity contribution is 5.96. The first-order valence-corrected chi connectivity index (χ1v) is 6.66. The smallest absolute Gasteiger partial charge is 0.354 e. The van der Waals surface area contributed by atoms with Gasteiger partial charge in [-0.15, -0.1) is 0 Å². The highest BCUT2D eigenvalue weighted by Gasteiger charge is 2.22. The van der Waals surface area contributed by atoms with Crippen molar-refractivity contribution in [2.24, 2.45) is 5.92 Å². The summed E-state index contributed by atoms with van der Waals surface area (Å²) in [6.07, 6.45) is 3.19. The van der Waals surface area contributed by atoms with Crippen molar-refractivity contribution >= 4 is 11.9 Å². The van der Waals surface area contributed by atoms with E-state index >= 15 is 0 Å². The molecule has 2 rings (SSSR count). The number of nitrogens with one attached hydrogen (secondary N) is 1. The average molecular weight is 278 g/mol. The van der Waals surface area contributed by atoms with Gasteiger partial charge in [0.25, 0.3) is 5.91 Å². The fourth-order valence-corrected chi connectivity index (χ4v) is 2.31. The molecule has 6 heteroatoms. The second-order valence-electron chi connectivity index (χ2n) is 4.95. The van der Waals surface area contributed by atoms with Crippen molar-refractivity contribution in [2.45, 2.75) is 25.8 Å². The summed E-state index contributed by atoms with van der Waals surface area (Å²) >= 11 is 0. The number of rotatable bonds is 4. The molecule has 2 N–H and O–H groups in total. The summed E-state index contributed by atoms with van der Waals surface area (Å²) in [6, 6.07) is 2.83. The minimum atomic E-state index is -1.14. The highest BCUT2D eigenvalue weighted by atomic mass is 16.5. The molecule has 1 aromatic heterocycles. The number of nitrogens with zero attached hydrogens (tertiary/aromatic N) is 1. The third-order valence-electron chi connectivity index (χ3n) is 3.57. The number of hydrogen-bond donors (Lipinski definition) is 2. The van der Waals surface area contributed by atoms with Crippen molar-refractivity contribution in [1.29, 1.82) is 0 Å². The van der Waals surface area contributed by atoms with Gasteiger partial charge < -0.3 is 15.2 Å². The Morgan fingerprint density at radius 2 is 2.15 bits per heavy atom. The van der Waals surface area contributed by atoms with E-state index in [0.717, 1.165) is 26.1 Å². The van der Waals surface area contributed by atoms with Crippen molar-refractivity contribution in [3.05, 3.63) is 29.6 Å². The summed E-state index contributed by atoms with van der Waals surface area (Å²) in [7, 11) is 0. The summed E-state index contributed by atoms with van der Waals surface area (Å²) in [5.41, 5.74) is 0.188. The van der Waals surface area contributed by atoms with E-state index in [9.17, 15) is 9.59 Å². The van der Waals surface area contributed by atoms with E-state index < -0.39 is 5.97 Å². The number of aromatic carboxylic acids is 1. The topological polar surface area (TPSA) is 88.5 Å².